The van der Waals surface area contributed by atoms with Crippen molar-refractivity contribution < 1.29 is 0 Å². The van der Waals surface area contributed by atoms with Crippen molar-refractivity contribution in [2.45, 2.75) is 0 Å². The Morgan fingerprint density at radius 1 is 1.26 bits per heavy atom. The van der Waals surface area contributed by atoms with Crippen molar-refractivity contribution in [2.75, 3.05) is 5.73 Å². The van der Waals surface area contributed by atoms with Crippen LogP contribution in [0.25, 0.3) is 16.9 Å². The van der Waals surface area contributed by atoms with Crippen LogP contribution < -0.4 is 11.3 Å². The Morgan fingerprint density at radius 2 is 2.11 bits per heavy atom. The molecular weight excluding hydrogens is 242 g/mol. The summed E-state index contributed by atoms with van der Waals surface area (Å²) in [5, 5.41) is 4.19. The highest BCUT2D eigenvalue weighted by Crippen LogP contribution is 2.25. The fraction of sp³-hybridized carbons (Fsp3) is 0. The van der Waals surface area contributed by atoms with Gasteiger partial charge < -0.3 is 10.7 Å². The first-order chi connectivity index (χ1) is 9.24. The minimum absolute atomic E-state index is 0.221. The first-order valence-electron chi connectivity index (χ1n) is 5.69. The Balaban J connectivity index is 2.05. The van der Waals surface area contributed by atoms with Gasteiger partial charge in [0.1, 0.15) is 0 Å². The summed E-state index contributed by atoms with van der Waals surface area (Å²) >= 11 is 0. The molecule has 0 unspecified atom stereocenters. The van der Waals surface area contributed by atoms with E-state index in [1.165, 1.54) is 17.1 Å². The molecule has 0 saturated carbocycles. The Bertz CT molecular complexity index is 774. The lowest BCUT2D eigenvalue weighted by Crippen LogP contribution is -2.08. The lowest BCUT2D eigenvalue weighted by atomic mass is 10.1. The van der Waals surface area contributed by atoms with Crippen LogP contribution in [0.3, 0.4) is 0 Å². The normalized spacial score (nSPS) is 10.5. The van der Waals surface area contributed by atoms with Gasteiger partial charge in [0.05, 0.1) is 12.5 Å². The number of rotatable bonds is 2. The van der Waals surface area contributed by atoms with Gasteiger partial charge >= 0.3 is 0 Å². The van der Waals surface area contributed by atoms with E-state index < -0.39 is 0 Å². The number of aromatic amines is 1. The first kappa shape index (κ1) is 11.2. The molecule has 0 amide bonds. The Kier molecular flexibility index (Phi) is 2.60. The maximum Gasteiger partial charge on any atom is 0.252 e. The van der Waals surface area contributed by atoms with Crippen molar-refractivity contribution in [2.24, 2.45) is 0 Å². The quantitative estimate of drug-likeness (QED) is 0.671. The van der Waals surface area contributed by atoms with Crippen LogP contribution in [0.1, 0.15) is 0 Å². The number of H-pyrrole nitrogens is 1. The Labute approximate surface area is 108 Å². The fourth-order valence-electron chi connectivity index (χ4n) is 1.83. The zero-order valence-corrected chi connectivity index (χ0v) is 9.95. The van der Waals surface area contributed by atoms with Crippen LogP contribution in [0.15, 0.2) is 53.8 Å². The first-order valence-corrected chi connectivity index (χ1v) is 5.69. The molecule has 19 heavy (non-hydrogen) atoms. The van der Waals surface area contributed by atoms with Gasteiger partial charge in [0, 0.05) is 29.1 Å². The maximum absolute atomic E-state index is 11.2. The summed E-state index contributed by atoms with van der Waals surface area (Å²) < 4.78 is 1.54. The molecule has 6 nitrogen and oxygen atoms in total. The van der Waals surface area contributed by atoms with Gasteiger partial charge in [-0.05, 0) is 6.07 Å². The van der Waals surface area contributed by atoms with Gasteiger partial charge in [-0.2, -0.15) is 5.10 Å². The van der Waals surface area contributed by atoms with Crippen molar-refractivity contribution in [1.82, 2.24) is 19.7 Å². The van der Waals surface area contributed by atoms with E-state index in [2.05, 4.69) is 15.1 Å². The second-order valence-electron chi connectivity index (χ2n) is 4.03. The number of benzene rings is 1. The molecule has 0 saturated heterocycles. The highest BCUT2D eigenvalue weighted by atomic mass is 16.1. The standard InChI is InChI=1S/C13H11N5O/c14-11-4-2-1-3-10(11)9-6-17-18(7-9)12-5-13(19)16-8-15-12/h1-8H,14H2,(H,15,16,19). The van der Waals surface area contributed by atoms with Crippen LogP contribution in [0.2, 0.25) is 0 Å². The molecule has 94 valence electrons. The molecule has 3 rings (SSSR count). The molecule has 0 spiro atoms. The highest BCUT2D eigenvalue weighted by Gasteiger charge is 2.06. The van der Waals surface area contributed by atoms with Gasteiger partial charge in [-0.1, -0.05) is 18.2 Å². The summed E-state index contributed by atoms with van der Waals surface area (Å²) in [6, 6.07) is 8.92. The lowest BCUT2D eigenvalue weighted by molar-refractivity contribution is 0.835. The predicted molar refractivity (Wildman–Crippen MR) is 71.8 cm³/mol. The number of hydrogen-bond acceptors (Lipinski definition) is 4. The average molecular weight is 253 g/mol. The molecular formula is C13H11N5O. The van der Waals surface area contributed by atoms with Crippen LogP contribution in [0, 0.1) is 0 Å². The summed E-state index contributed by atoms with van der Waals surface area (Å²) in [6.45, 7) is 0. The summed E-state index contributed by atoms with van der Waals surface area (Å²) in [4.78, 5) is 17.8. The van der Waals surface area contributed by atoms with Gasteiger partial charge in [-0.15, -0.1) is 0 Å². The van der Waals surface area contributed by atoms with Crippen molar-refractivity contribution in [1.29, 1.82) is 0 Å². The van der Waals surface area contributed by atoms with E-state index in [-0.39, 0.29) is 5.56 Å². The smallest absolute Gasteiger partial charge is 0.252 e. The largest absolute Gasteiger partial charge is 0.398 e. The molecule has 0 aliphatic rings. The van der Waals surface area contributed by atoms with E-state index in [9.17, 15) is 4.79 Å². The average Bonchev–Trinajstić information content (AvgIpc) is 2.89. The van der Waals surface area contributed by atoms with Gasteiger partial charge in [0.25, 0.3) is 5.56 Å². The topological polar surface area (TPSA) is 89.6 Å². The molecule has 1 aromatic carbocycles. The lowest BCUT2D eigenvalue weighted by Gasteiger charge is -2.01. The molecule has 3 N–H and O–H groups in total. The third-order valence-electron chi connectivity index (χ3n) is 2.75. The number of nitrogens with two attached hydrogens (primary N) is 1. The van der Waals surface area contributed by atoms with E-state index in [0.29, 0.717) is 11.5 Å². The SMILES string of the molecule is Nc1ccccc1-c1cnn(-c2cc(=O)[nH]cn2)c1. The minimum atomic E-state index is -0.221. The Morgan fingerprint density at radius 3 is 2.89 bits per heavy atom. The zero-order chi connectivity index (χ0) is 13.2. The molecule has 2 aromatic heterocycles. The summed E-state index contributed by atoms with van der Waals surface area (Å²) in [5.41, 5.74) is 8.15. The second kappa shape index (κ2) is 4.41. The summed E-state index contributed by atoms with van der Waals surface area (Å²) in [7, 11) is 0. The van der Waals surface area contributed by atoms with Crippen molar-refractivity contribution in [3.05, 3.63) is 59.4 Å². The maximum atomic E-state index is 11.2. The molecule has 2 heterocycles. The minimum Gasteiger partial charge on any atom is -0.398 e. The van der Waals surface area contributed by atoms with E-state index in [1.807, 2.05) is 24.3 Å². The molecule has 0 fully saturated rings. The van der Waals surface area contributed by atoms with Crippen molar-refractivity contribution in [3.63, 3.8) is 0 Å². The van der Waals surface area contributed by atoms with Gasteiger partial charge in [-0.25, -0.2) is 9.67 Å². The van der Waals surface area contributed by atoms with Gasteiger partial charge in [0.15, 0.2) is 5.82 Å². The molecule has 3 aromatic rings. The van der Waals surface area contributed by atoms with Crippen molar-refractivity contribution in [3.8, 4) is 16.9 Å². The van der Waals surface area contributed by atoms with E-state index in [1.54, 1.807) is 12.4 Å². The highest BCUT2D eigenvalue weighted by molar-refractivity contribution is 5.75. The van der Waals surface area contributed by atoms with Gasteiger partial charge in [0.2, 0.25) is 0 Å². The van der Waals surface area contributed by atoms with Crippen LogP contribution in [-0.2, 0) is 0 Å². The molecule has 0 aliphatic heterocycles. The Hall–Kier alpha value is -2.89. The molecule has 0 atom stereocenters. The third-order valence-corrected chi connectivity index (χ3v) is 2.75. The number of anilines is 1. The number of nitrogens with zero attached hydrogens (tertiary/aromatic N) is 3. The van der Waals surface area contributed by atoms with Gasteiger partial charge in [-0.3, -0.25) is 4.79 Å². The van der Waals surface area contributed by atoms with Crippen LogP contribution in [-0.4, -0.2) is 19.7 Å². The van der Waals surface area contributed by atoms with Crippen molar-refractivity contribution >= 4 is 5.69 Å². The summed E-state index contributed by atoms with van der Waals surface area (Å²) in [5.74, 6) is 0.463. The number of hydrogen-bond donors (Lipinski definition) is 2. The molecule has 0 radical (unpaired) electrons. The predicted octanol–water partition coefficient (Wildman–Crippen LogP) is 1.20. The fourth-order valence-corrected chi connectivity index (χ4v) is 1.83. The zero-order valence-electron chi connectivity index (χ0n) is 9.95. The number of aromatic nitrogens is 4. The monoisotopic (exact) mass is 253 g/mol. The summed E-state index contributed by atoms with van der Waals surface area (Å²) in [6.07, 6.45) is 4.82. The van der Waals surface area contributed by atoms with Crippen LogP contribution in [0.4, 0.5) is 5.69 Å². The molecule has 0 bridgehead atoms. The molecule has 0 aliphatic carbocycles. The number of nitrogen functional groups attached to an aromatic ring is 1. The second-order valence-corrected chi connectivity index (χ2v) is 4.03. The van der Waals surface area contributed by atoms with E-state index in [4.69, 9.17) is 5.73 Å². The van der Waals surface area contributed by atoms with E-state index >= 15 is 0 Å². The number of para-hydroxylation sites is 1. The molecule has 6 heteroatoms. The van der Waals surface area contributed by atoms with Crippen LogP contribution in [0.5, 0.6) is 0 Å². The van der Waals surface area contributed by atoms with Crippen LogP contribution >= 0.6 is 0 Å². The van der Waals surface area contributed by atoms with E-state index in [0.717, 1.165) is 11.1 Å². The number of nitrogens with one attached hydrogen (secondary N) is 1. The third kappa shape index (κ3) is 2.11.